The first-order chi connectivity index (χ1) is 8.58. The Morgan fingerprint density at radius 1 is 1.56 bits per heavy atom. The smallest absolute Gasteiger partial charge is 0.251 e. The summed E-state index contributed by atoms with van der Waals surface area (Å²) in [5.74, 6) is -0.599. The van der Waals surface area contributed by atoms with Gasteiger partial charge in [-0.3, -0.25) is 4.79 Å². The van der Waals surface area contributed by atoms with E-state index in [4.69, 9.17) is 0 Å². The van der Waals surface area contributed by atoms with Gasteiger partial charge in [-0.1, -0.05) is 0 Å². The highest BCUT2D eigenvalue weighted by Crippen LogP contribution is 2.24. The monoisotopic (exact) mass is 268 g/mol. The van der Waals surface area contributed by atoms with Gasteiger partial charge in [0.05, 0.1) is 0 Å². The number of carbonyl (C=O) groups excluding carboxylic acids is 1. The Bertz CT molecular complexity index is 449. The lowest BCUT2D eigenvalue weighted by Gasteiger charge is -2.15. The third kappa shape index (κ3) is 3.46. The molecule has 1 fully saturated rings. The topological polar surface area (TPSA) is 32.3 Å². The lowest BCUT2D eigenvalue weighted by molar-refractivity contribution is 0.0949. The van der Waals surface area contributed by atoms with Crippen molar-refractivity contribution >= 4 is 18.5 Å². The van der Waals surface area contributed by atoms with Gasteiger partial charge in [-0.25, -0.2) is 4.39 Å². The maximum Gasteiger partial charge on any atom is 0.251 e. The molecule has 0 atom stereocenters. The van der Waals surface area contributed by atoms with Gasteiger partial charge < -0.3 is 10.2 Å². The number of hydrogen-bond acceptors (Lipinski definition) is 3. The highest BCUT2D eigenvalue weighted by atomic mass is 32.1. The zero-order chi connectivity index (χ0) is 13.1. The van der Waals surface area contributed by atoms with Crippen LogP contribution in [0, 0.1) is 5.82 Å². The maximum absolute atomic E-state index is 13.0. The minimum atomic E-state index is -0.414. The number of carbonyl (C=O) groups is 1. The molecule has 2 rings (SSSR count). The van der Waals surface area contributed by atoms with Crippen LogP contribution in [0.1, 0.15) is 23.2 Å². The molecule has 1 aliphatic carbocycles. The minimum absolute atomic E-state index is 0.186. The van der Waals surface area contributed by atoms with Crippen molar-refractivity contribution in [2.75, 3.05) is 20.1 Å². The summed E-state index contributed by atoms with van der Waals surface area (Å²) in [6.45, 7) is 1.44. The van der Waals surface area contributed by atoms with Crippen molar-refractivity contribution in [3.63, 3.8) is 0 Å². The third-order valence-corrected chi connectivity index (χ3v) is 3.47. The Hall–Kier alpha value is -1.07. The highest BCUT2D eigenvalue weighted by molar-refractivity contribution is 7.80. The van der Waals surface area contributed by atoms with Gasteiger partial charge in [0.25, 0.3) is 5.91 Å². The van der Waals surface area contributed by atoms with E-state index in [2.05, 4.69) is 29.9 Å². The Balaban J connectivity index is 1.81. The molecule has 3 nitrogen and oxygen atoms in total. The number of likely N-dealkylation sites (N-methyl/N-ethyl adjacent to an activating group) is 1. The van der Waals surface area contributed by atoms with E-state index in [9.17, 15) is 9.18 Å². The quantitative estimate of drug-likeness (QED) is 0.800. The highest BCUT2D eigenvalue weighted by Gasteiger charge is 2.25. The fraction of sp³-hybridized carbons (Fsp3) is 0.462. The lowest BCUT2D eigenvalue weighted by Crippen LogP contribution is -2.33. The Kier molecular flexibility index (Phi) is 4.24. The first kappa shape index (κ1) is 13.4. The number of benzene rings is 1. The summed E-state index contributed by atoms with van der Waals surface area (Å²) >= 11 is 3.96. The van der Waals surface area contributed by atoms with E-state index in [-0.39, 0.29) is 10.8 Å². The van der Waals surface area contributed by atoms with Crippen molar-refractivity contribution in [3.8, 4) is 0 Å². The van der Waals surface area contributed by atoms with Gasteiger partial charge >= 0.3 is 0 Å². The number of amides is 1. The fourth-order valence-electron chi connectivity index (χ4n) is 1.80. The number of rotatable bonds is 5. The van der Waals surface area contributed by atoms with Crippen molar-refractivity contribution in [1.29, 1.82) is 0 Å². The van der Waals surface area contributed by atoms with Crippen LogP contribution in [0.5, 0.6) is 0 Å². The van der Waals surface area contributed by atoms with E-state index in [1.54, 1.807) is 0 Å². The van der Waals surface area contributed by atoms with Crippen LogP contribution in [-0.4, -0.2) is 37.0 Å². The summed E-state index contributed by atoms with van der Waals surface area (Å²) in [6.07, 6.45) is 2.51. The molecule has 1 N–H and O–H groups in total. The SMILES string of the molecule is CN(CCNC(=O)c1ccc(F)c(S)c1)C1CC1. The van der Waals surface area contributed by atoms with Gasteiger partial charge in [0.1, 0.15) is 5.82 Å². The maximum atomic E-state index is 13.0. The second kappa shape index (κ2) is 5.71. The van der Waals surface area contributed by atoms with E-state index in [0.29, 0.717) is 18.2 Å². The molecule has 1 saturated carbocycles. The molecule has 1 aliphatic rings. The molecule has 1 aromatic carbocycles. The average molecular weight is 268 g/mol. The van der Waals surface area contributed by atoms with Gasteiger partial charge in [-0.05, 0) is 38.1 Å². The molecule has 0 bridgehead atoms. The van der Waals surface area contributed by atoms with Crippen LogP contribution in [0.2, 0.25) is 0 Å². The predicted molar refractivity (Wildman–Crippen MR) is 71.6 cm³/mol. The zero-order valence-corrected chi connectivity index (χ0v) is 11.2. The summed E-state index contributed by atoms with van der Waals surface area (Å²) < 4.78 is 13.0. The second-order valence-electron chi connectivity index (χ2n) is 4.63. The molecule has 0 spiro atoms. The summed E-state index contributed by atoms with van der Waals surface area (Å²) in [4.78, 5) is 14.2. The molecule has 0 unspecified atom stereocenters. The number of thiol groups is 1. The molecule has 0 heterocycles. The summed E-state index contributed by atoms with van der Waals surface area (Å²) in [5, 5.41) is 2.82. The zero-order valence-electron chi connectivity index (χ0n) is 10.3. The first-order valence-electron chi connectivity index (χ1n) is 6.05. The molecule has 5 heteroatoms. The van der Waals surface area contributed by atoms with Crippen LogP contribution >= 0.6 is 12.6 Å². The number of hydrogen-bond donors (Lipinski definition) is 2. The average Bonchev–Trinajstić information content (AvgIpc) is 3.16. The molecule has 18 heavy (non-hydrogen) atoms. The van der Waals surface area contributed by atoms with Crippen LogP contribution in [0.15, 0.2) is 23.1 Å². The van der Waals surface area contributed by atoms with E-state index < -0.39 is 5.82 Å². The van der Waals surface area contributed by atoms with E-state index >= 15 is 0 Å². The second-order valence-corrected chi connectivity index (χ2v) is 5.12. The van der Waals surface area contributed by atoms with Gasteiger partial charge in [0.15, 0.2) is 0 Å². The van der Waals surface area contributed by atoms with Crippen LogP contribution in [0.25, 0.3) is 0 Å². The molecular weight excluding hydrogens is 251 g/mol. The molecule has 0 saturated heterocycles. The van der Waals surface area contributed by atoms with Crippen molar-refractivity contribution < 1.29 is 9.18 Å². The Labute approximate surface area is 112 Å². The molecule has 0 aromatic heterocycles. The fourth-order valence-corrected chi connectivity index (χ4v) is 2.01. The molecule has 1 amide bonds. The largest absolute Gasteiger partial charge is 0.351 e. The summed E-state index contributed by atoms with van der Waals surface area (Å²) in [7, 11) is 2.06. The van der Waals surface area contributed by atoms with Crippen LogP contribution in [0.3, 0.4) is 0 Å². The number of halogens is 1. The molecular formula is C13H17FN2OS. The van der Waals surface area contributed by atoms with Crippen LogP contribution in [-0.2, 0) is 0 Å². The normalized spacial score (nSPS) is 14.9. The van der Waals surface area contributed by atoms with Crippen LogP contribution < -0.4 is 5.32 Å². The number of nitrogens with zero attached hydrogens (tertiary/aromatic N) is 1. The molecule has 0 radical (unpaired) electrons. The summed E-state index contributed by atoms with van der Waals surface area (Å²) in [6, 6.07) is 4.86. The standard InChI is InChI=1S/C13H17FN2OS/c1-16(10-3-4-10)7-6-15-13(17)9-2-5-11(14)12(18)8-9/h2,5,8,10,18H,3-4,6-7H2,1H3,(H,15,17). The first-order valence-corrected chi connectivity index (χ1v) is 6.49. The van der Waals surface area contributed by atoms with Crippen molar-refractivity contribution in [2.24, 2.45) is 0 Å². The molecule has 98 valence electrons. The van der Waals surface area contributed by atoms with Crippen molar-refractivity contribution in [2.45, 2.75) is 23.8 Å². The van der Waals surface area contributed by atoms with Gasteiger partial charge in [-0.15, -0.1) is 12.6 Å². The molecule has 0 aliphatic heterocycles. The summed E-state index contributed by atoms with van der Waals surface area (Å²) in [5.41, 5.74) is 0.440. The van der Waals surface area contributed by atoms with Crippen molar-refractivity contribution in [3.05, 3.63) is 29.6 Å². The van der Waals surface area contributed by atoms with Gasteiger partial charge in [0, 0.05) is 29.6 Å². The Morgan fingerprint density at radius 3 is 2.89 bits per heavy atom. The van der Waals surface area contributed by atoms with Gasteiger partial charge in [-0.2, -0.15) is 0 Å². The molecule has 1 aromatic rings. The predicted octanol–water partition coefficient (Wildman–Crippen LogP) is 1.94. The Morgan fingerprint density at radius 2 is 2.28 bits per heavy atom. The van der Waals surface area contributed by atoms with E-state index in [1.165, 1.54) is 31.0 Å². The lowest BCUT2D eigenvalue weighted by atomic mass is 10.2. The minimum Gasteiger partial charge on any atom is -0.351 e. The van der Waals surface area contributed by atoms with Gasteiger partial charge in [0.2, 0.25) is 0 Å². The van der Waals surface area contributed by atoms with E-state index in [1.807, 2.05) is 0 Å². The number of nitrogens with one attached hydrogen (secondary N) is 1. The third-order valence-electron chi connectivity index (χ3n) is 3.13. The van der Waals surface area contributed by atoms with Crippen LogP contribution in [0.4, 0.5) is 4.39 Å². The van der Waals surface area contributed by atoms with E-state index in [0.717, 1.165) is 6.54 Å². The van der Waals surface area contributed by atoms with Crippen molar-refractivity contribution in [1.82, 2.24) is 10.2 Å².